The van der Waals surface area contributed by atoms with Crippen LogP contribution in [0.1, 0.15) is 43.7 Å². The maximum absolute atomic E-state index is 13.3. The molecule has 5 rings (SSSR count). The standard InChI is InChI=1S/C26H32FN3O3/c27-21-7-9-22(10-8-21)29-12-14-30(15-13-29)23(17-28-26(31)19-4-2-1-3-5-19)20-6-11-24-25(16-20)33-18-32-24/h6-11,16,19,23H,1-5,12-15,17-18H2,(H,28,31)/t23-/m1/s1. The van der Waals surface area contributed by atoms with Crippen molar-refractivity contribution in [3.63, 3.8) is 0 Å². The second-order valence-electron chi connectivity index (χ2n) is 9.21. The van der Waals surface area contributed by atoms with Crippen LogP contribution in [0, 0.1) is 11.7 Å². The van der Waals surface area contributed by atoms with Gasteiger partial charge in [0.05, 0.1) is 6.04 Å². The fourth-order valence-electron chi connectivity index (χ4n) is 5.23. The number of hydrogen-bond donors (Lipinski definition) is 1. The Hall–Kier alpha value is -2.80. The second-order valence-corrected chi connectivity index (χ2v) is 9.21. The molecule has 0 spiro atoms. The fraction of sp³-hybridized carbons (Fsp3) is 0.500. The molecule has 1 amide bonds. The summed E-state index contributed by atoms with van der Waals surface area (Å²) in [6.45, 7) is 4.24. The number of hydrogen-bond acceptors (Lipinski definition) is 5. The van der Waals surface area contributed by atoms with E-state index in [1.54, 1.807) is 0 Å². The SMILES string of the molecule is O=C(NC[C@H](c1ccc2c(c1)OCO2)N1CCN(c2ccc(F)cc2)CC1)C1CCCCC1. The van der Waals surface area contributed by atoms with Crippen LogP contribution in [0.25, 0.3) is 0 Å². The molecule has 33 heavy (non-hydrogen) atoms. The predicted octanol–water partition coefficient (Wildman–Crippen LogP) is 4.11. The van der Waals surface area contributed by atoms with Gasteiger partial charge in [0, 0.05) is 44.3 Å². The van der Waals surface area contributed by atoms with Crippen LogP contribution in [-0.2, 0) is 4.79 Å². The number of carbonyl (C=O) groups is 1. The summed E-state index contributed by atoms with van der Waals surface area (Å²) in [5, 5.41) is 3.26. The Bertz CT molecular complexity index is 954. The number of ether oxygens (including phenoxy) is 2. The molecule has 2 aromatic carbocycles. The summed E-state index contributed by atoms with van der Waals surface area (Å²) < 4.78 is 24.4. The summed E-state index contributed by atoms with van der Waals surface area (Å²) in [6.07, 6.45) is 5.53. The number of carbonyl (C=O) groups excluding carboxylic acids is 1. The monoisotopic (exact) mass is 453 g/mol. The molecule has 0 radical (unpaired) electrons. The predicted molar refractivity (Wildman–Crippen MR) is 125 cm³/mol. The van der Waals surface area contributed by atoms with Crippen LogP contribution in [0.3, 0.4) is 0 Å². The molecule has 7 heteroatoms. The molecule has 1 saturated heterocycles. The molecule has 2 aliphatic heterocycles. The van der Waals surface area contributed by atoms with Crippen LogP contribution < -0.4 is 19.7 Å². The van der Waals surface area contributed by atoms with E-state index in [2.05, 4.69) is 21.2 Å². The summed E-state index contributed by atoms with van der Waals surface area (Å²) in [7, 11) is 0. The summed E-state index contributed by atoms with van der Waals surface area (Å²) in [6, 6.07) is 12.8. The lowest BCUT2D eigenvalue weighted by Crippen LogP contribution is -2.50. The summed E-state index contributed by atoms with van der Waals surface area (Å²) in [5.41, 5.74) is 2.17. The molecule has 1 saturated carbocycles. The normalized spacial score (nSPS) is 20.0. The van der Waals surface area contributed by atoms with Gasteiger partial charge in [-0.15, -0.1) is 0 Å². The van der Waals surface area contributed by atoms with Gasteiger partial charge in [0.1, 0.15) is 5.82 Å². The van der Waals surface area contributed by atoms with Crippen molar-refractivity contribution < 1.29 is 18.7 Å². The Morgan fingerprint density at radius 3 is 2.45 bits per heavy atom. The number of anilines is 1. The van der Waals surface area contributed by atoms with Crippen LogP contribution in [0.15, 0.2) is 42.5 Å². The number of halogens is 1. The van der Waals surface area contributed by atoms with E-state index in [0.29, 0.717) is 6.54 Å². The van der Waals surface area contributed by atoms with Gasteiger partial charge in [-0.25, -0.2) is 4.39 Å². The van der Waals surface area contributed by atoms with E-state index in [1.807, 2.05) is 24.3 Å². The van der Waals surface area contributed by atoms with Gasteiger partial charge in [-0.3, -0.25) is 9.69 Å². The number of rotatable bonds is 6. The fourth-order valence-corrected chi connectivity index (χ4v) is 5.23. The van der Waals surface area contributed by atoms with E-state index < -0.39 is 0 Å². The van der Waals surface area contributed by atoms with E-state index in [4.69, 9.17) is 9.47 Å². The Labute approximate surface area is 194 Å². The number of piperazine rings is 1. The average molecular weight is 454 g/mol. The number of nitrogens with one attached hydrogen (secondary N) is 1. The van der Waals surface area contributed by atoms with Gasteiger partial charge in [-0.2, -0.15) is 0 Å². The molecule has 0 aromatic heterocycles. The van der Waals surface area contributed by atoms with Crippen molar-refractivity contribution in [3.05, 3.63) is 53.8 Å². The molecule has 3 aliphatic rings. The smallest absolute Gasteiger partial charge is 0.231 e. The third-order valence-corrected chi connectivity index (χ3v) is 7.17. The van der Waals surface area contributed by atoms with E-state index in [1.165, 1.54) is 18.6 Å². The minimum absolute atomic E-state index is 0.0578. The Kier molecular flexibility index (Phi) is 6.67. The van der Waals surface area contributed by atoms with Gasteiger partial charge < -0.3 is 19.7 Å². The van der Waals surface area contributed by atoms with Crippen LogP contribution in [0.4, 0.5) is 10.1 Å². The summed E-state index contributed by atoms with van der Waals surface area (Å²) >= 11 is 0. The average Bonchev–Trinajstić information content (AvgIpc) is 3.34. The van der Waals surface area contributed by atoms with E-state index >= 15 is 0 Å². The largest absolute Gasteiger partial charge is 0.454 e. The maximum Gasteiger partial charge on any atom is 0.231 e. The van der Waals surface area contributed by atoms with Crippen molar-refractivity contribution in [2.75, 3.05) is 44.4 Å². The number of nitrogens with zero attached hydrogens (tertiary/aromatic N) is 2. The van der Waals surface area contributed by atoms with Crippen molar-refractivity contribution in [2.45, 2.75) is 38.1 Å². The van der Waals surface area contributed by atoms with Crippen molar-refractivity contribution >= 4 is 11.6 Å². The first-order chi connectivity index (χ1) is 16.2. The molecule has 1 N–H and O–H groups in total. The van der Waals surface area contributed by atoms with Crippen LogP contribution in [-0.4, -0.2) is 50.3 Å². The van der Waals surface area contributed by atoms with Gasteiger partial charge in [-0.1, -0.05) is 25.3 Å². The first kappa shape index (κ1) is 22.0. The Morgan fingerprint density at radius 2 is 1.70 bits per heavy atom. The molecule has 6 nitrogen and oxygen atoms in total. The van der Waals surface area contributed by atoms with Crippen LogP contribution in [0.2, 0.25) is 0 Å². The Balaban J connectivity index is 1.28. The van der Waals surface area contributed by atoms with Crippen molar-refractivity contribution in [3.8, 4) is 11.5 Å². The lowest BCUT2D eigenvalue weighted by atomic mass is 9.88. The van der Waals surface area contributed by atoms with Gasteiger partial charge >= 0.3 is 0 Å². The molecule has 2 heterocycles. The second kappa shape index (κ2) is 10.00. The molecule has 176 valence electrons. The first-order valence-electron chi connectivity index (χ1n) is 12.1. The van der Waals surface area contributed by atoms with Gasteiger partial charge in [0.2, 0.25) is 12.7 Å². The van der Waals surface area contributed by atoms with E-state index in [9.17, 15) is 9.18 Å². The number of fused-ring (bicyclic) bond motifs is 1. The van der Waals surface area contributed by atoms with Crippen molar-refractivity contribution in [1.29, 1.82) is 0 Å². The van der Waals surface area contributed by atoms with E-state index in [-0.39, 0.29) is 30.5 Å². The topological polar surface area (TPSA) is 54.0 Å². The van der Waals surface area contributed by atoms with Gasteiger partial charge in [0.15, 0.2) is 11.5 Å². The zero-order valence-electron chi connectivity index (χ0n) is 19.0. The quantitative estimate of drug-likeness (QED) is 0.713. The molecule has 1 aliphatic carbocycles. The highest BCUT2D eigenvalue weighted by molar-refractivity contribution is 5.78. The first-order valence-corrected chi connectivity index (χ1v) is 12.1. The molecule has 0 bridgehead atoms. The third kappa shape index (κ3) is 5.08. The zero-order valence-corrected chi connectivity index (χ0v) is 19.0. The third-order valence-electron chi connectivity index (χ3n) is 7.17. The summed E-state index contributed by atoms with van der Waals surface area (Å²) in [4.78, 5) is 17.6. The van der Waals surface area contributed by atoms with Crippen molar-refractivity contribution in [2.24, 2.45) is 5.92 Å². The highest BCUT2D eigenvalue weighted by Gasteiger charge is 2.29. The lowest BCUT2D eigenvalue weighted by molar-refractivity contribution is -0.126. The van der Waals surface area contributed by atoms with Crippen LogP contribution >= 0.6 is 0 Å². The molecule has 2 aromatic rings. The van der Waals surface area contributed by atoms with E-state index in [0.717, 1.165) is 74.6 Å². The van der Waals surface area contributed by atoms with Gasteiger partial charge in [-0.05, 0) is 54.8 Å². The molecular formula is C26H32FN3O3. The minimum atomic E-state index is -0.214. The molecule has 0 unspecified atom stereocenters. The molecule has 2 fully saturated rings. The van der Waals surface area contributed by atoms with Gasteiger partial charge in [0.25, 0.3) is 0 Å². The zero-order chi connectivity index (χ0) is 22.6. The lowest BCUT2D eigenvalue weighted by Gasteiger charge is -2.40. The highest BCUT2D eigenvalue weighted by Crippen LogP contribution is 2.36. The highest BCUT2D eigenvalue weighted by atomic mass is 19.1. The van der Waals surface area contributed by atoms with Crippen molar-refractivity contribution in [1.82, 2.24) is 10.2 Å². The molecule has 1 atom stereocenters. The minimum Gasteiger partial charge on any atom is -0.454 e. The van der Waals surface area contributed by atoms with Crippen LogP contribution in [0.5, 0.6) is 11.5 Å². The number of benzene rings is 2. The summed E-state index contributed by atoms with van der Waals surface area (Å²) in [5.74, 6) is 1.65. The maximum atomic E-state index is 13.3. The molecular weight excluding hydrogens is 421 g/mol. The Morgan fingerprint density at radius 1 is 0.970 bits per heavy atom. The number of amides is 1.